The predicted octanol–water partition coefficient (Wildman–Crippen LogP) is 1.63. The zero-order valence-corrected chi connectivity index (χ0v) is 11.4. The molecule has 0 radical (unpaired) electrons. The molecule has 1 aromatic rings. The normalized spacial score (nSPS) is 19.4. The second kappa shape index (κ2) is 4.76. The molecule has 0 saturated carbocycles. The number of hydrogen-bond acceptors (Lipinski definition) is 2. The van der Waals surface area contributed by atoms with Crippen molar-refractivity contribution in [1.82, 2.24) is 9.88 Å². The van der Waals surface area contributed by atoms with Gasteiger partial charge in [0.15, 0.2) is 0 Å². The highest BCUT2D eigenvalue weighted by Crippen LogP contribution is 2.32. The van der Waals surface area contributed by atoms with E-state index in [-0.39, 0.29) is 12.0 Å². The SMILES string of the molecule is CNC(=O)C(C)(C)Cn1ccc2c1CCCC2O. The average molecular weight is 250 g/mol. The highest BCUT2D eigenvalue weighted by atomic mass is 16.3. The van der Waals surface area contributed by atoms with Crippen LogP contribution in [-0.4, -0.2) is 22.6 Å². The van der Waals surface area contributed by atoms with Gasteiger partial charge in [-0.1, -0.05) is 0 Å². The number of aliphatic hydroxyl groups excluding tert-OH is 1. The van der Waals surface area contributed by atoms with Gasteiger partial charge in [-0.05, 0) is 39.2 Å². The average Bonchev–Trinajstić information content (AvgIpc) is 2.72. The van der Waals surface area contributed by atoms with Crippen molar-refractivity contribution in [3.05, 3.63) is 23.5 Å². The van der Waals surface area contributed by atoms with Crippen molar-refractivity contribution >= 4 is 5.91 Å². The Kier molecular flexibility index (Phi) is 3.48. The van der Waals surface area contributed by atoms with Gasteiger partial charge in [0, 0.05) is 31.0 Å². The lowest BCUT2D eigenvalue weighted by atomic mass is 9.91. The fourth-order valence-electron chi connectivity index (χ4n) is 2.72. The van der Waals surface area contributed by atoms with Crippen LogP contribution >= 0.6 is 0 Å². The van der Waals surface area contributed by atoms with Gasteiger partial charge in [0.05, 0.1) is 11.5 Å². The number of aromatic nitrogens is 1. The van der Waals surface area contributed by atoms with Gasteiger partial charge in [-0.25, -0.2) is 0 Å². The van der Waals surface area contributed by atoms with Crippen LogP contribution in [0.25, 0.3) is 0 Å². The molecule has 2 rings (SSSR count). The molecule has 1 amide bonds. The summed E-state index contributed by atoms with van der Waals surface area (Å²) in [5, 5.41) is 12.6. The monoisotopic (exact) mass is 250 g/mol. The number of amides is 1. The van der Waals surface area contributed by atoms with E-state index in [4.69, 9.17) is 0 Å². The molecular weight excluding hydrogens is 228 g/mol. The summed E-state index contributed by atoms with van der Waals surface area (Å²) in [6, 6.07) is 1.99. The quantitative estimate of drug-likeness (QED) is 0.856. The van der Waals surface area contributed by atoms with E-state index < -0.39 is 5.41 Å². The van der Waals surface area contributed by atoms with Crippen molar-refractivity contribution < 1.29 is 9.90 Å². The maximum absolute atomic E-state index is 11.8. The lowest BCUT2D eigenvalue weighted by molar-refractivity contribution is -0.129. The molecule has 1 aromatic heterocycles. The van der Waals surface area contributed by atoms with E-state index in [0.717, 1.165) is 24.8 Å². The smallest absolute Gasteiger partial charge is 0.227 e. The lowest BCUT2D eigenvalue weighted by Crippen LogP contribution is -2.38. The van der Waals surface area contributed by atoms with Gasteiger partial charge in [0.1, 0.15) is 0 Å². The summed E-state index contributed by atoms with van der Waals surface area (Å²) in [6.07, 6.45) is 4.50. The molecule has 1 unspecified atom stereocenters. The fraction of sp³-hybridized carbons (Fsp3) is 0.643. The number of nitrogens with zero attached hydrogens (tertiary/aromatic N) is 1. The molecule has 1 aliphatic carbocycles. The molecule has 1 heterocycles. The van der Waals surface area contributed by atoms with Crippen LogP contribution in [-0.2, 0) is 17.8 Å². The second-order valence-corrected chi connectivity index (χ2v) is 5.72. The van der Waals surface area contributed by atoms with Crippen molar-refractivity contribution in [2.24, 2.45) is 5.41 Å². The first-order valence-corrected chi connectivity index (χ1v) is 6.54. The van der Waals surface area contributed by atoms with Gasteiger partial charge in [-0.15, -0.1) is 0 Å². The van der Waals surface area contributed by atoms with Gasteiger partial charge < -0.3 is 15.0 Å². The fourth-order valence-corrected chi connectivity index (χ4v) is 2.72. The number of nitrogens with one attached hydrogen (secondary N) is 1. The maximum atomic E-state index is 11.8. The number of rotatable bonds is 3. The first-order valence-electron chi connectivity index (χ1n) is 6.54. The molecule has 4 nitrogen and oxygen atoms in total. The molecule has 100 valence electrons. The zero-order chi connectivity index (χ0) is 13.3. The summed E-state index contributed by atoms with van der Waals surface area (Å²) in [7, 11) is 1.67. The third kappa shape index (κ3) is 2.29. The molecule has 4 heteroatoms. The Morgan fingerprint density at radius 2 is 2.33 bits per heavy atom. The van der Waals surface area contributed by atoms with E-state index in [2.05, 4.69) is 9.88 Å². The standard InChI is InChI=1S/C14H22N2O2/c1-14(2,13(18)15-3)9-16-8-7-10-11(16)5-4-6-12(10)17/h7-8,12,17H,4-6,9H2,1-3H3,(H,15,18). The summed E-state index contributed by atoms with van der Waals surface area (Å²) < 4.78 is 2.12. The van der Waals surface area contributed by atoms with Crippen molar-refractivity contribution in [3.63, 3.8) is 0 Å². The van der Waals surface area contributed by atoms with Crippen LogP contribution in [0, 0.1) is 5.41 Å². The summed E-state index contributed by atoms with van der Waals surface area (Å²) in [6.45, 7) is 4.53. The van der Waals surface area contributed by atoms with Crippen molar-refractivity contribution in [2.75, 3.05) is 7.05 Å². The summed E-state index contributed by atoms with van der Waals surface area (Å²) in [4.78, 5) is 11.8. The molecular formula is C14H22N2O2. The first-order chi connectivity index (χ1) is 8.45. The van der Waals surface area contributed by atoms with Crippen LogP contribution in [0.1, 0.15) is 44.1 Å². The molecule has 0 saturated heterocycles. The molecule has 1 atom stereocenters. The van der Waals surface area contributed by atoms with Crippen LogP contribution in [0.2, 0.25) is 0 Å². The summed E-state index contributed by atoms with van der Waals surface area (Å²) >= 11 is 0. The number of carbonyl (C=O) groups is 1. The van der Waals surface area contributed by atoms with Crippen molar-refractivity contribution in [2.45, 2.75) is 45.8 Å². The molecule has 0 spiro atoms. The van der Waals surface area contributed by atoms with Crippen LogP contribution in [0.15, 0.2) is 12.3 Å². The molecule has 1 aliphatic rings. The minimum Gasteiger partial charge on any atom is -0.388 e. The second-order valence-electron chi connectivity index (χ2n) is 5.72. The highest BCUT2D eigenvalue weighted by molar-refractivity contribution is 5.81. The highest BCUT2D eigenvalue weighted by Gasteiger charge is 2.29. The minimum atomic E-state index is -0.441. The molecule has 0 fully saturated rings. The minimum absolute atomic E-state index is 0.0429. The molecule has 0 aliphatic heterocycles. The van der Waals surface area contributed by atoms with Crippen LogP contribution in [0.4, 0.5) is 0 Å². The number of carbonyl (C=O) groups excluding carboxylic acids is 1. The largest absolute Gasteiger partial charge is 0.388 e. The Morgan fingerprint density at radius 3 is 3.00 bits per heavy atom. The Morgan fingerprint density at radius 1 is 1.61 bits per heavy atom. The topological polar surface area (TPSA) is 54.3 Å². The Balaban J connectivity index is 2.23. The van der Waals surface area contributed by atoms with Gasteiger partial charge in [0.25, 0.3) is 0 Å². The van der Waals surface area contributed by atoms with E-state index in [1.54, 1.807) is 7.05 Å². The predicted molar refractivity (Wildman–Crippen MR) is 70.2 cm³/mol. The van der Waals surface area contributed by atoms with E-state index >= 15 is 0 Å². The van der Waals surface area contributed by atoms with Crippen molar-refractivity contribution in [3.8, 4) is 0 Å². The van der Waals surface area contributed by atoms with E-state index in [1.165, 1.54) is 5.69 Å². The number of fused-ring (bicyclic) bond motifs is 1. The van der Waals surface area contributed by atoms with Gasteiger partial charge in [0.2, 0.25) is 5.91 Å². The zero-order valence-electron chi connectivity index (χ0n) is 11.4. The Hall–Kier alpha value is -1.29. The van der Waals surface area contributed by atoms with Crippen LogP contribution in [0.3, 0.4) is 0 Å². The van der Waals surface area contributed by atoms with Crippen molar-refractivity contribution in [1.29, 1.82) is 0 Å². The molecule has 2 N–H and O–H groups in total. The van der Waals surface area contributed by atoms with E-state index in [0.29, 0.717) is 6.54 Å². The maximum Gasteiger partial charge on any atom is 0.227 e. The molecule has 18 heavy (non-hydrogen) atoms. The first kappa shape index (κ1) is 13.1. The van der Waals surface area contributed by atoms with Crippen LogP contribution < -0.4 is 5.32 Å². The third-order valence-electron chi connectivity index (χ3n) is 3.77. The number of hydrogen-bond donors (Lipinski definition) is 2. The third-order valence-corrected chi connectivity index (χ3v) is 3.77. The Bertz CT molecular complexity index is 449. The summed E-state index contributed by atoms with van der Waals surface area (Å²) in [5.41, 5.74) is 1.78. The van der Waals surface area contributed by atoms with Gasteiger partial charge >= 0.3 is 0 Å². The van der Waals surface area contributed by atoms with E-state index in [1.807, 2.05) is 26.1 Å². The van der Waals surface area contributed by atoms with Crippen LogP contribution in [0.5, 0.6) is 0 Å². The van der Waals surface area contributed by atoms with Gasteiger partial charge in [-0.3, -0.25) is 4.79 Å². The molecule has 0 aromatic carbocycles. The van der Waals surface area contributed by atoms with Gasteiger partial charge in [-0.2, -0.15) is 0 Å². The molecule has 0 bridgehead atoms. The summed E-state index contributed by atoms with van der Waals surface area (Å²) in [5.74, 6) is 0.0429. The number of aliphatic hydroxyl groups is 1. The van der Waals surface area contributed by atoms with E-state index in [9.17, 15) is 9.90 Å². The lowest BCUT2D eigenvalue weighted by Gasteiger charge is -2.26. The Labute approximate surface area is 108 Å².